The van der Waals surface area contributed by atoms with E-state index in [4.69, 9.17) is 0 Å². The summed E-state index contributed by atoms with van der Waals surface area (Å²) in [6, 6.07) is 0. The van der Waals surface area contributed by atoms with Crippen LogP contribution in [-0.2, 0) is 10.0 Å². The summed E-state index contributed by atoms with van der Waals surface area (Å²) >= 11 is 0. The largest absolute Gasteiger partial charge is 0.297 e. The molecule has 0 bridgehead atoms. The van der Waals surface area contributed by atoms with Crippen LogP contribution < -0.4 is 0 Å². The quantitative estimate of drug-likeness (QED) is 0.726. The van der Waals surface area contributed by atoms with Gasteiger partial charge >= 0.3 is 0 Å². The summed E-state index contributed by atoms with van der Waals surface area (Å²) in [4.78, 5) is 12.3. The predicted octanol–water partition coefficient (Wildman–Crippen LogP) is 2.97. The number of rotatable bonds is 2. The van der Waals surface area contributed by atoms with Crippen LogP contribution in [0.1, 0.15) is 60.8 Å². The lowest BCUT2D eigenvalue weighted by atomic mass is 9.62. The van der Waals surface area contributed by atoms with Gasteiger partial charge in [0.05, 0.1) is 5.54 Å². The van der Waals surface area contributed by atoms with Crippen molar-refractivity contribution in [2.45, 2.75) is 71.9 Å². The van der Waals surface area contributed by atoms with Crippen molar-refractivity contribution < 1.29 is 10.0 Å². The lowest BCUT2D eigenvalue weighted by Crippen LogP contribution is -2.69. The summed E-state index contributed by atoms with van der Waals surface area (Å²) in [5.41, 5.74) is -1.55. The van der Waals surface area contributed by atoms with Crippen molar-refractivity contribution >= 4 is 5.78 Å². The Morgan fingerprint density at radius 3 is 1.94 bits per heavy atom. The Bertz CT molecular complexity index is 290. The van der Waals surface area contributed by atoms with Gasteiger partial charge in [0.25, 0.3) is 0 Å². The van der Waals surface area contributed by atoms with Gasteiger partial charge in [0.15, 0.2) is 5.78 Å². The number of hydroxylamine groups is 2. The van der Waals surface area contributed by atoms with Gasteiger partial charge in [-0.05, 0) is 32.1 Å². The smallest absolute Gasteiger partial charge is 0.156 e. The second-order valence-corrected chi connectivity index (χ2v) is 6.08. The zero-order valence-electron chi connectivity index (χ0n) is 11.4. The Labute approximate surface area is 98.8 Å². The molecule has 0 N–H and O–H groups in total. The third kappa shape index (κ3) is 1.52. The van der Waals surface area contributed by atoms with Gasteiger partial charge in [0.1, 0.15) is 5.54 Å². The molecule has 0 atom stereocenters. The van der Waals surface area contributed by atoms with Gasteiger partial charge in [-0.25, -0.2) is 0 Å². The first-order valence-corrected chi connectivity index (χ1v) is 6.16. The van der Waals surface area contributed by atoms with Crippen LogP contribution in [0.3, 0.4) is 0 Å². The molecule has 0 aromatic rings. The Morgan fingerprint density at radius 1 is 1.12 bits per heavy atom. The lowest BCUT2D eigenvalue weighted by molar-refractivity contribution is -0.308. The van der Waals surface area contributed by atoms with Crippen LogP contribution >= 0.6 is 0 Å². The predicted molar refractivity (Wildman–Crippen MR) is 63.3 cm³/mol. The highest BCUT2D eigenvalue weighted by atomic mass is 16.5. The van der Waals surface area contributed by atoms with Gasteiger partial charge in [-0.1, -0.05) is 27.7 Å². The van der Waals surface area contributed by atoms with Gasteiger partial charge < -0.3 is 0 Å². The molecular weight excluding hydrogens is 202 g/mol. The molecule has 1 saturated heterocycles. The standard InChI is InChI=1S/C13H24NO2/c1-7-13(8-2)10(15)9-11(3,4)12(5,6)14(13)16/h7-9H2,1-6H3. The van der Waals surface area contributed by atoms with E-state index in [1.54, 1.807) is 0 Å². The van der Waals surface area contributed by atoms with Crippen molar-refractivity contribution in [3.63, 3.8) is 0 Å². The summed E-state index contributed by atoms with van der Waals surface area (Å²) in [6.45, 7) is 11.8. The summed E-state index contributed by atoms with van der Waals surface area (Å²) in [7, 11) is 0. The maximum Gasteiger partial charge on any atom is 0.156 e. The molecule has 3 heteroatoms. The van der Waals surface area contributed by atoms with Gasteiger partial charge in [-0.2, -0.15) is 0 Å². The zero-order valence-corrected chi connectivity index (χ0v) is 11.4. The minimum absolute atomic E-state index is 0.108. The molecule has 1 heterocycles. The maximum atomic E-state index is 12.6. The fourth-order valence-corrected chi connectivity index (χ4v) is 2.64. The monoisotopic (exact) mass is 226 g/mol. The molecular formula is C13H24NO2. The second-order valence-electron chi connectivity index (χ2n) is 6.08. The number of carbonyl (C=O) groups excluding carboxylic acids is 1. The van der Waals surface area contributed by atoms with Crippen LogP contribution in [0.2, 0.25) is 0 Å². The number of ketones is 1. The molecule has 1 radical (unpaired) electrons. The molecule has 0 aromatic heterocycles. The minimum Gasteiger partial charge on any atom is -0.297 e. The molecule has 0 spiro atoms. The zero-order chi connectivity index (χ0) is 12.8. The highest BCUT2D eigenvalue weighted by Gasteiger charge is 2.58. The first-order valence-electron chi connectivity index (χ1n) is 6.16. The molecule has 1 rings (SSSR count). The molecule has 0 saturated carbocycles. The molecule has 93 valence electrons. The molecule has 0 aliphatic carbocycles. The van der Waals surface area contributed by atoms with Gasteiger partial charge in [-0.15, -0.1) is 10.3 Å². The average Bonchev–Trinajstić information content (AvgIpc) is 2.17. The Hall–Kier alpha value is -0.410. The summed E-state index contributed by atoms with van der Waals surface area (Å²) in [5.74, 6) is 0.108. The van der Waals surface area contributed by atoms with E-state index >= 15 is 0 Å². The number of piperidine rings is 1. The van der Waals surface area contributed by atoms with Crippen LogP contribution in [0.25, 0.3) is 0 Å². The fraction of sp³-hybridized carbons (Fsp3) is 0.923. The molecule has 0 unspecified atom stereocenters. The van der Waals surface area contributed by atoms with Crippen LogP contribution in [0.5, 0.6) is 0 Å². The van der Waals surface area contributed by atoms with E-state index < -0.39 is 11.1 Å². The molecule has 0 amide bonds. The number of hydrogen-bond donors (Lipinski definition) is 0. The van der Waals surface area contributed by atoms with Gasteiger partial charge in [0.2, 0.25) is 0 Å². The maximum absolute atomic E-state index is 12.6. The average molecular weight is 226 g/mol. The van der Waals surface area contributed by atoms with Crippen molar-refractivity contribution in [2.75, 3.05) is 0 Å². The highest BCUT2D eigenvalue weighted by molar-refractivity contribution is 5.90. The third-order valence-corrected chi connectivity index (χ3v) is 4.84. The molecule has 3 nitrogen and oxygen atoms in total. The minimum atomic E-state index is -0.793. The summed E-state index contributed by atoms with van der Waals surface area (Å²) in [5, 5.41) is 13.6. The molecule has 16 heavy (non-hydrogen) atoms. The molecule has 1 aliphatic heterocycles. The van der Waals surface area contributed by atoms with Crippen molar-refractivity contribution in [2.24, 2.45) is 5.41 Å². The number of nitrogens with zero attached hydrogens (tertiary/aromatic N) is 1. The Morgan fingerprint density at radius 2 is 1.56 bits per heavy atom. The van der Waals surface area contributed by atoms with E-state index in [9.17, 15) is 10.0 Å². The van der Waals surface area contributed by atoms with E-state index in [1.165, 1.54) is 0 Å². The van der Waals surface area contributed by atoms with E-state index in [0.29, 0.717) is 19.3 Å². The van der Waals surface area contributed by atoms with E-state index in [2.05, 4.69) is 0 Å². The second kappa shape index (κ2) is 3.81. The normalized spacial score (nSPS) is 28.1. The van der Waals surface area contributed by atoms with Crippen LogP contribution in [0.4, 0.5) is 0 Å². The van der Waals surface area contributed by atoms with E-state index in [0.717, 1.165) is 5.06 Å². The third-order valence-electron chi connectivity index (χ3n) is 4.84. The van der Waals surface area contributed by atoms with Gasteiger partial charge in [-0.3, -0.25) is 4.79 Å². The summed E-state index contributed by atoms with van der Waals surface area (Å²) < 4.78 is 0. The van der Waals surface area contributed by atoms with Crippen LogP contribution in [-0.4, -0.2) is 21.9 Å². The first kappa shape index (κ1) is 13.7. The first-order chi connectivity index (χ1) is 7.15. The number of hydrogen-bond acceptors (Lipinski definition) is 2. The van der Waals surface area contributed by atoms with Crippen molar-refractivity contribution in [1.82, 2.24) is 5.06 Å². The van der Waals surface area contributed by atoms with Crippen LogP contribution in [0, 0.1) is 5.41 Å². The Kier molecular flexibility index (Phi) is 3.25. The lowest BCUT2D eigenvalue weighted by Gasteiger charge is -2.56. The highest BCUT2D eigenvalue weighted by Crippen LogP contribution is 2.49. The molecule has 1 fully saturated rings. The van der Waals surface area contributed by atoms with Crippen LogP contribution in [0.15, 0.2) is 0 Å². The van der Waals surface area contributed by atoms with E-state index in [-0.39, 0.29) is 11.2 Å². The number of carbonyl (C=O) groups is 1. The molecule has 1 aliphatic rings. The number of Topliss-reactive ketones (excluding diaryl/α,β-unsaturated/α-hetero) is 1. The Balaban J connectivity index is 3.25. The molecule has 0 aromatic carbocycles. The van der Waals surface area contributed by atoms with Gasteiger partial charge in [0, 0.05) is 6.42 Å². The van der Waals surface area contributed by atoms with E-state index in [1.807, 2.05) is 41.5 Å². The SMILES string of the molecule is CCC1(CC)C(=O)CC(C)(C)C(C)(C)N1[O]. The van der Waals surface area contributed by atoms with Crippen molar-refractivity contribution in [1.29, 1.82) is 0 Å². The van der Waals surface area contributed by atoms with Crippen molar-refractivity contribution in [3.05, 3.63) is 0 Å². The summed E-state index contributed by atoms with van der Waals surface area (Å²) in [6.07, 6.45) is 1.71. The van der Waals surface area contributed by atoms with Crippen molar-refractivity contribution in [3.8, 4) is 0 Å². The topological polar surface area (TPSA) is 40.2 Å². The fourth-order valence-electron chi connectivity index (χ4n) is 2.64.